The minimum atomic E-state index is -1.45. The lowest BCUT2D eigenvalue weighted by Gasteiger charge is -2.27. The van der Waals surface area contributed by atoms with Gasteiger partial charge in [0.25, 0.3) is 6.29 Å². The van der Waals surface area contributed by atoms with Crippen molar-refractivity contribution in [2.45, 2.75) is 24.9 Å². The molecule has 0 fully saturated rings. The van der Waals surface area contributed by atoms with E-state index in [0.29, 0.717) is 0 Å². The van der Waals surface area contributed by atoms with Crippen LogP contribution in [0.25, 0.3) is 0 Å². The van der Waals surface area contributed by atoms with Crippen molar-refractivity contribution in [2.24, 2.45) is 10.1 Å². The Balaban J connectivity index is 1.36. The second-order valence-electron chi connectivity index (χ2n) is 10.5. The lowest BCUT2D eigenvalue weighted by atomic mass is 10.0. The number of carboxylic acid groups (broad SMARTS) is 1. The number of hydrogen-bond acceptors (Lipinski definition) is 11. The highest BCUT2D eigenvalue weighted by Crippen LogP contribution is 2.32. The van der Waals surface area contributed by atoms with Crippen LogP contribution < -0.4 is 5.73 Å². The summed E-state index contributed by atoms with van der Waals surface area (Å²) in [4.78, 5) is 40.0. The molecule has 1 aromatic heterocycles. The number of aliphatic imine (C=N–C) groups is 1. The molecule has 0 saturated heterocycles. The van der Waals surface area contributed by atoms with Crippen molar-refractivity contribution < 1.29 is 29.0 Å². The van der Waals surface area contributed by atoms with Crippen molar-refractivity contribution >= 4 is 39.8 Å². The molecule has 11 nitrogen and oxygen atoms in total. The van der Waals surface area contributed by atoms with E-state index in [1.165, 1.54) is 6.20 Å². The first kappa shape index (κ1) is 32.0. The summed E-state index contributed by atoms with van der Waals surface area (Å²) < 4.78 is 16.7. The Morgan fingerprint density at radius 2 is 1.29 bits per heavy atom. The zero-order chi connectivity index (χ0) is 33.3. The van der Waals surface area contributed by atoms with Gasteiger partial charge in [0, 0.05) is 11.5 Å². The first-order valence-corrected chi connectivity index (χ1v) is 15.6. The summed E-state index contributed by atoms with van der Waals surface area (Å²) >= 11 is 0.815. The predicted octanol–water partition coefficient (Wildman–Crippen LogP) is 6.12. The van der Waals surface area contributed by atoms with Crippen LogP contribution in [-0.4, -0.2) is 43.9 Å². The molecular weight excluding hydrogens is 630 g/mol. The summed E-state index contributed by atoms with van der Waals surface area (Å²) in [5.74, 6) is -1.99. The molecule has 12 heteroatoms. The van der Waals surface area contributed by atoms with Crippen LogP contribution in [0.3, 0.4) is 0 Å². The van der Waals surface area contributed by atoms with Gasteiger partial charge in [-0.25, -0.2) is 4.79 Å². The van der Waals surface area contributed by atoms with Crippen LogP contribution >= 0.6 is 11.5 Å². The SMILES string of the molecule is Nc1nc(C(=NOC(OC(c2ccccc2)c2ccccc2)C2=NC=C(OC(c3ccccc3)c3ccccc3)C(=O)C2)C(=O)O)ns1. The Bertz CT molecular complexity index is 1870. The highest BCUT2D eigenvalue weighted by atomic mass is 32.1. The number of nitrogens with zero attached hydrogens (tertiary/aromatic N) is 4. The van der Waals surface area contributed by atoms with E-state index < -0.39 is 30.2 Å². The van der Waals surface area contributed by atoms with Gasteiger partial charge in [0.1, 0.15) is 12.2 Å². The molecule has 0 spiro atoms. The highest BCUT2D eigenvalue weighted by Gasteiger charge is 2.32. The maximum Gasteiger partial charge on any atom is 0.362 e. The summed E-state index contributed by atoms with van der Waals surface area (Å²) in [5.41, 5.74) is 8.52. The zero-order valence-corrected chi connectivity index (χ0v) is 26.1. The van der Waals surface area contributed by atoms with Gasteiger partial charge in [-0.05, 0) is 22.3 Å². The van der Waals surface area contributed by atoms with E-state index in [9.17, 15) is 14.7 Å². The Morgan fingerprint density at radius 3 is 1.73 bits per heavy atom. The number of rotatable bonds is 13. The largest absolute Gasteiger partial charge is 0.476 e. The van der Waals surface area contributed by atoms with Gasteiger partial charge in [-0.3, -0.25) is 9.79 Å². The van der Waals surface area contributed by atoms with E-state index in [1.54, 1.807) is 0 Å². The Labute approximate surface area is 279 Å². The number of nitrogens with two attached hydrogens (primary N) is 1. The molecule has 0 aliphatic carbocycles. The summed E-state index contributed by atoms with van der Waals surface area (Å²) in [6, 6.07) is 37.9. The van der Waals surface area contributed by atoms with Gasteiger partial charge in [0.2, 0.25) is 17.3 Å². The number of Topliss-reactive ketones (excluding diaryl/α,β-unsaturated/α-hetero) is 1. The van der Waals surface area contributed by atoms with Crippen molar-refractivity contribution in [1.29, 1.82) is 0 Å². The number of benzene rings is 4. The lowest BCUT2D eigenvalue weighted by Crippen LogP contribution is -2.33. The molecule has 6 rings (SSSR count). The number of ketones is 1. The summed E-state index contributed by atoms with van der Waals surface area (Å²) in [6.45, 7) is 0. The van der Waals surface area contributed by atoms with Gasteiger partial charge < -0.3 is 25.2 Å². The van der Waals surface area contributed by atoms with Gasteiger partial charge in [-0.2, -0.15) is 9.36 Å². The molecular formula is C36H29N5O6S. The molecule has 0 bridgehead atoms. The first-order valence-electron chi connectivity index (χ1n) is 14.8. The standard InChI is InChI=1S/C36H29N5O6S/c37-36-39-33(41-48-36)30(34(43)44)40-47-35(46-32(25-17-9-3-10-18-25)26-19-11-4-12-20-26)27-21-28(42)29(22-38-27)45-31(23-13-5-1-6-14-23)24-15-7-2-8-16-24/h1-20,22,31-32,35H,21H2,(H,43,44)(H2,37,39,41). The van der Waals surface area contributed by atoms with Crippen LogP contribution in [0.1, 0.15) is 46.7 Å². The van der Waals surface area contributed by atoms with Crippen LogP contribution in [0.5, 0.6) is 0 Å². The van der Waals surface area contributed by atoms with E-state index in [0.717, 1.165) is 33.8 Å². The smallest absolute Gasteiger partial charge is 0.362 e. The number of ether oxygens (including phenoxy) is 2. The lowest BCUT2D eigenvalue weighted by molar-refractivity contribution is -0.133. The fraction of sp³-hybridized carbons (Fsp3) is 0.111. The van der Waals surface area contributed by atoms with Crippen LogP contribution in [0.2, 0.25) is 0 Å². The summed E-state index contributed by atoms with van der Waals surface area (Å²) in [5, 5.41) is 13.8. The summed E-state index contributed by atoms with van der Waals surface area (Å²) in [6.07, 6.45) is -1.59. The topological polar surface area (TPSA) is 159 Å². The van der Waals surface area contributed by atoms with Crippen molar-refractivity contribution in [1.82, 2.24) is 9.36 Å². The normalized spacial score (nSPS) is 14.0. The summed E-state index contributed by atoms with van der Waals surface area (Å²) in [7, 11) is 0. The Kier molecular flexibility index (Phi) is 10.0. The van der Waals surface area contributed by atoms with Gasteiger partial charge >= 0.3 is 5.97 Å². The van der Waals surface area contributed by atoms with E-state index in [4.69, 9.17) is 20.0 Å². The second kappa shape index (κ2) is 15.1. The number of oxime groups is 1. The average molecular weight is 660 g/mol. The average Bonchev–Trinajstić information content (AvgIpc) is 3.56. The monoisotopic (exact) mass is 659 g/mol. The first-order chi connectivity index (χ1) is 23.5. The second-order valence-corrected chi connectivity index (χ2v) is 11.3. The quantitative estimate of drug-likeness (QED) is 0.0863. The molecule has 0 radical (unpaired) electrons. The van der Waals surface area contributed by atoms with Gasteiger partial charge in [0.15, 0.2) is 10.9 Å². The maximum atomic E-state index is 13.7. The fourth-order valence-electron chi connectivity index (χ4n) is 4.96. The molecule has 0 amide bonds. The molecule has 3 N–H and O–H groups in total. The van der Waals surface area contributed by atoms with Crippen molar-refractivity contribution in [3.05, 3.63) is 161 Å². The number of nitrogen functional groups attached to an aromatic ring is 1. The molecule has 2 heterocycles. The van der Waals surface area contributed by atoms with E-state index in [-0.39, 0.29) is 34.6 Å². The molecule has 48 heavy (non-hydrogen) atoms. The van der Waals surface area contributed by atoms with Crippen LogP contribution in [0.15, 0.2) is 143 Å². The maximum absolute atomic E-state index is 13.7. The third kappa shape index (κ3) is 7.69. The number of carbonyl (C=O) groups is 2. The number of carbonyl (C=O) groups excluding carboxylic acids is 1. The molecule has 0 saturated carbocycles. The van der Waals surface area contributed by atoms with Crippen molar-refractivity contribution in [2.75, 3.05) is 5.73 Å². The number of aliphatic carboxylic acids is 1. The van der Waals surface area contributed by atoms with Gasteiger partial charge in [-0.1, -0.05) is 126 Å². The van der Waals surface area contributed by atoms with Gasteiger partial charge in [-0.15, -0.1) is 0 Å². The molecule has 240 valence electrons. The molecule has 4 aromatic carbocycles. The molecule has 1 aliphatic heterocycles. The van der Waals surface area contributed by atoms with Crippen LogP contribution in [0, 0.1) is 0 Å². The highest BCUT2D eigenvalue weighted by molar-refractivity contribution is 7.09. The van der Waals surface area contributed by atoms with E-state index in [1.807, 2.05) is 121 Å². The molecule has 5 aromatic rings. The van der Waals surface area contributed by atoms with Crippen molar-refractivity contribution in [3.8, 4) is 0 Å². The minimum Gasteiger partial charge on any atom is -0.476 e. The third-order valence-electron chi connectivity index (χ3n) is 7.25. The van der Waals surface area contributed by atoms with Crippen molar-refractivity contribution in [3.63, 3.8) is 0 Å². The zero-order valence-electron chi connectivity index (χ0n) is 25.3. The predicted molar refractivity (Wildman–Crippen MR) is 180 cm³/mol. The number of carboxylic acids is 1. The number of aromatic nitrogens is 2. The molecule has 1 aliphatic rings. The minimum absolute atomic E-state index is 0.0507. The van der Waals surface area contributed by atoms with Crippen LogP contribution in [-0.2, 0) is 23.9 Å². The molecule has 1 atom stereocenters. The van der Waals surface area contributed by atoms with Crippen LogP contribution in [0.4, 0.5) is 5.13 Å². The number of anilines is 1. The number of allylic oxidation sites excluding steroid dienone is 1. The third-order valence-corrected chi connectivity index (χ3v) is 7.79. The van der Waals surface area contributed by atoms with E-state index >= 15 is 0 Å². The van der Waals surface area contributed by atoms with Gasteiger partial charge in [0.05, 0.1) is 18.3 Å². The Hall–Kier alpha value is -5.98. The Morgan fingerprint density at radius 1 is 0.792 bits per heavy atom. The molecule has 1 unspecified atom stereocenters. The number of hydrogen-bond donors (Lipinski definition) is 2. The fourth-order valence-corrected chi connectivity index (χ4v) is 5.40. The van der Waals surface area contributed by atoms with E-state index in [2.05, 4.69) is 19.5 Å².